The van der Waals surface area contributed by atoms with E-state index in [-0.39, 0.29) is 5.30 Å². The number of methoxy groups -OCH3 is 1. The predicted molar refractivity (Wildman–Crippen MR) is 87.4 cm³/mol. The van der Waals surface area contributed by atoms with Gasteiger partial charge in [0.25, 0.3) is 0 Å². The fraction of sp³-hybridized carbons (Fsp3) is 0.125. The summed E-state index contributed by atoms with van der Waals surface area (Å²) in [7, 11) is 1.35. The third kappa shape index (κ3) is 3.92. The maximum absolute atomic E-state index is 11.3. The lowest BCUT2D eigenvalue weighted by atomic mass is 10.0. The average molecular weight is 302 g/mol. The number of benzene rings is 2. The summed E-state index contributed by atoms with van der Waals surface area (Å²) in [4.78, 5) is 11.3. The first kappa shape index (κ1) is 14.8. The largest absolute Gasteiger partial charge is 0.461 e. The van der Waals surface area contributed by atoms with Crippen molar-refractivity contribution < 1.29 is 9.53 Å². The van der Waals surface area contributed by atoms with Crippen LogP contribution in [0.25, 0.3) is 0 Å². The Bertz CT molecular complexity index is 609. The topological polar surface area (TPSA) is 26.3 Å². The van der Waals surface area contributed by atoms with Crippen molar-refractivity contribution in [2.75, 3.05) is 7.11 Å². The number of rotatable bonds is 3. The van der Waals surface area contributed by atoms with Crippen LogP contribution in [0.1, 0.15) is 16.7 Å². The third-order valence-electron chi connectivity index (χ3n) is 2.82. The number of carbonyl (C=O) groups excluding carboxylic acids is 1. The highest BCUT2D eigenvalue weighted by molar-refractivity contribution is 8.33. The number of carbonyl (C=O) groups is 1. The van der Waals surface area contributed by atoms with Crippen molar-refractivity contribution in [3.8, 4) is 0 Å². The van der Waals surface area contributed by atoms with E-state index >= 15 is 0 Å². The van der Waals surface area contributed by atoms with Crippen LogP contribution in [0.15, 0.2) is 54.6 Å². The lowest BCUT2D eigenvalue weighted by molar-refractivity contribution is 0.200. The lowest BCUT2D eigenvalue weighted by Gasteiger charge is -2.09. The van der Waals surface area contributed by atoms with Gasteiger partial charge >= 0.3 is 5.30 Å². The number of thiocarbonyl (C=S) groups is 1. The van der Waals surface area contributed by atoms with Crippen LogP contribution in [0.5, 0.6) is 0 Å². The van der Waals surface area contributed by atoms with E-state index in [4.69, 9.17) is 12.2 Å². The highest BCUT2D eigenvalue weighted by Crippen LogP contribution is 2.21. The molecular weight excluding hydrogens is 288 g/mol. The van der Waals surface area contributed by atoms with Crippen LogP contribution in [0, 0.1) is 0 Å². The lowest BCUT2D eigenvalue weighted by Crippen LogP contribution is -2.03. The summed E-state index contributed by atoms with van der Waals surface area (Å²) in [5.41, 5.74) is 3.24. The Morgan fingerprint density at radius 2 is 1.75 bits per heavy atom. The van der Waals surface area contributed by atoms with E-state index in [0.717, 1.165) is 29.3 Å². The predicted octanol–water partition coefficient (Wildman–Crippen LogP) is 4.45. The second-order valence-corrected chi connectivity index (χ2v) is 5.78. The molecule has 0 aliphatic carbocycles. The molecule has 0 unspecified atom stereocenters. The van der Waals surface area contributed by atoms with Gasteiger partial charge in [0.05, 0.1) is 11.3 Å². The molecule has 2 aromatic rings. The molecule has 102 valence electrons. The van der Waals surface area contributed by atoms with Crippen molar-refractivity contribution in [1.82, 2.24) is 0 Å². The highest BCUT2D eigenvalue weighted by atomic mass is 32.2. The van der Waals surface area contributed by atoms with Crippen molar-refractivity contribution in [2.24, 2.45) is 0 Å². The monoisotopic (exact) mass is 302 g/mol. The van der Waals surface area contributed by atoms with Crippen molar-refractivity contribution in [3.05, 3.63) is 71.3 Å². The Labute approximate surface area is 128 Å². The molecule has 0 aromatic heterocycles. The van der Waals surface area contributed by atoms with E-state index in [1.807, 2.05) is 42.5 Å². The van der Waals surface area contributed by atoms with Crippen molar-refractivity contribution >= 4 is 33.5 Å². The minimum Gasteiger partial charge on any atom is -0.461 e. The van der Waals surface area contributed by atoms with Crippen LogP contribution < -0.4 is 0 Å². The van der Waals surface area contributed by atoms with Crippen LogP contribution in [-0.2, 0) is 11.2 Å². The smallest absolute Gasteiger partial charge is 0.372 e. The maximum Gasteiger partial charge on any atom is 0.372 e. The van der Waals surface area contributed by atoms with E-state index in [0.29, 0.717) is 4.20 Å². The zero-order valence-corrected chi connectivity index (χ0v) is 12.7. The van der Waals surface area contributed by atoms with Gasteiger partial charge in [-0.05, 0) is 17.5 Å². The second kappa shape index (κ2) is 7.22. The number of hydrogen-bond acceptors (Lipinski definition) is 4. The summed E-state index contributed by atoms with van der Waals surface area (Å²) in [5.74, 6) is 0. The summed E-state index contributed by atoms with van der Waals surface area (Å²) in [5, 5.41) is -0.385. The van der Waals surface area contributed by atoms with Crippen LogP contribution in [0.3, 0.4) is 0 Å². The molecule has 2 aromatic carbocycles. The van der Waals surface area contributed by atoms with Crippen LogP contribution in [0.4, 0.5) is 4.79 Å². The molecule has 20 heavy (non-hydrogen) atoms. The zero-order valence-electron chi connectivity index (χ0n) is 11.0. The minimum absolute atomic E-state index is 0.385. The van der Waals surface area contributed by atoms with Gasteiger partial charge in [-0.3, -0.25) is 0 Å². The van der Waals surface area contributed by atoms with Crippen molar-refractivity contribution in [1.29, 1.82) is 0 Å². The molecular formula is C16H14O2S2. The maximum atomic E-state index is 11.3. The van der Waals surface area contributed by atoms with Gasteiger partial charge in [0, 0.05) is 17.3 Å². The van der Waals surface area contributed by atoms with Gasteiger partial charge in [-0.2, -0.15) is 0 Å². The standard InChI is InChI=1S/C16H14O2S2/c1-18-16(17)20-15(19)14-10-6-5-9-13(14)11-12-7-3-2-4-8-12/h2-10H,11H2,1H3. The molecule has 0 amide bonds. The number of hydrogen-bond donors (Lipinski definition) is 0. The number of thioether (sulfide) groups is 1. The summed E-state index contributed by atoms with van der Waals surface area (Å²) in [6.07, 6.45) is 0.791. The van der Waals surface area contributed by atoms with Gasteiger partial charge < -0.3 is 4.74 Å². The summed E-state index contributed by atoms with van der Waals surface area (Å²) < 4.78 is 5.18. The van der Waals surface area contributed by atoms with Gasteiger partial charge in [0.15, 0.2) is 0 Å². The second-order valence-electron chi connectivity index (χ2n) is 4.16. The van der Waals surface area contributed by atoms with Gasteiger partial charge in [-0.1, -0.05) is 66.8 Å². The van der Waals surface area contributed by atoms with E-state index in [1.165, 1.54) is 12.7 Å². The van der Waals surface area contributed by atoms with E-state index in [1.54, 1.807) is 0 Å². The third-order valence-corrected chi connectivity index (χ3v) is 4.03. The normalized spacial score (nSPS) is 10.1. The van der Waals surface area contributed by atoms with Gasteiger partial charge in [0.1, 0.15) is 0 Å². The SMILES string of the molecule is COC(=O)SC(=S)c1ccccc1Cc1ccccc1. The Morgan fingerprint density at radius 1 is 1.10 bits per heavy atom. The molecule has 0 aliphatic rings. The minimum atomic E-state index is -0.385. The molecule has 4 heteroatoms. The molecule has 0 N–H and O–H groups in total. The van der Waals surface area contributed by atoms with E-state index in [9.17, 15) is 4.79 Å². The highest BCUT2D eigenvalue weighted by Gasteiger charge is 2.12. The number of ether oxygens (including phenoxy) is 1. The molecule has 0 saturated carbocycles. The first-order chi connectivity index (χ1) is 9.70. The van der Waals surface area contributed by atoms with Gasteiger partial charge in [0.2, 0.25) is 0 Å². The quantitative estimate of drug-likeness (QED) is 0.618. The molecule has 0 saturated heterocycles. The molecule has 0 atom stereocenters. The van der Waals surface area contributed by atoms with E-state index < -0.39 is 0 Å². The molecule has 0 heterocycles. The van der Waals surface area contributed by atoms with Crippen LogP contribution in [-0.4, -0.2) is 16.6 Å². The van der Waals surface area contributed by atoms with Gasteiger partial charge in [-0.15, -0.1) is 0 Å². The van der Waals surface area contributed by atoms with Crippen LogP contribution >= 0.6 is 24.0 Å². The Hall–Kier alpha value is -1.65. The molecule has 2 rings (SSSR count). The molecule has 0 radical (unpaired) electrons. The fourth-order valence-electron chi connectivity index (χ4n) is 1.86. The Kier molecular flexibility index (Phi) is 5.32. The van der Waals surface area contributed by atoms with Crippen LogP contribution in [0.2, 0.25) is 0 Å². The van der Waals surface area contributed by atoms with Crippen molar-refractivity contribution in [3.63, 3.8) is 0 Å². The summed E-state index contributed by atoms with van der Waals surface area (Å²) in [6, 6.07) is 18.1. The molecule has 0 bridgehead atoms. The molecule has 0 aliphatic heterocycles. The zero-order chi connectivity index (χ0) is 14.4. The average Bonchev–Trinajstić information content (AvgIpc) is 2.48. The Balaban J connectivity index is 2.22. The van der Waals surface area contributed by atoms with Gasteiger partial charge in [-0.25, -0.2) is 4.79 Å². The molecule has 0 spiro atoms. The first-order valence-electron chi connectivity index (χ1n) is 6.12. The first-order valence-corrected chi connectivity index (χ1v) is 7.35. The Morgan fingerprint density at radius 3 is 2.45 bits per heavy atom. The molecule has 0 fully saturated rings. The summed E-state index contributed by atoms with van der Waals surface area (Å²) >= 11 is 6.28. The molecule has 2 nitrogen and oxygen atoms in total. The van der Waals surface area contributed by atoms with E-state index in [2.05, 4.69) is 16.9 Å². The van der Waals surface area contributed by atoms with Crippen molar-refractivity contribution in [2.45, 2.75) is 6.42 Å². The summed E-state index contributed by atoms with van der Waals surface area (Å²) in [6.45, 7) is 0. The fourth-order valence-corrected chi connectivity index (χ4v) is 2.81.